The lowest BCUT2D eigenvalue weighted by atomic mass is 10.0. The minimum Gasteiger partial charge on any atom is -0.319 e. The number of carbonyl (C=O) groups excluding carboxylic acids is 1. The highest BCUT2D eigenvalue weighted by molar-refractivity contribution is 9.10. The number of nitrogens with one attached hydrogen (secondary N) is 1. The predicted octanol–water partition coefficient (Wildman–Crippen LogP) is 5.86. The van der Waals surface area contributed by atoms with E-state index in [-0.39, 0.29) is 17.1 Å². The second-order valence-electron chi connectivity index (χ2n) is 6.22. The van der Waals surface area contributed by atoms with Gasteiger partial charge in [-0.1, -0.05) is 58.4 Å². The van der Waals surface area contributed by atoms with Crippen LogP contribution in [0.4, 0.5) is 14.5 Å². The Kier molecular flexibility index (Phi) is 6.53. The van der Waals surface area contributed by atoms with Crippen molar-refractivity contribution < 1.29 is 13.6 Å². The molecule has 0 atom stereocenters. The third kappa shape index (κ3) is 5.15. The average molecular weight is 453 g/mol. The van der Waals surface area contributed by atoms with Gasteiger partial charge < -0.3 is 5.32 Å². The highest BCUT2D eigenvalue weighted by Gasteiger charge is 2.12. The number of rotatable bonds is 5. The van der Waals surface area contributed by atoms with E-state index in [2.05, 4.69) is 21.2 Å². The minimum atomic E-state index is -0.704. The lowest BCUT2D eigenvalue weighted by Crippen LogP contribution is -2.14. The van der Waals surface area contributed by atoms with Gasteiger partial charge in [-0.15, -0.1) is 0 Å². The van der Waals surface area contributed by atoms with Crippen LogP contribution >= 0.6 is 15.9 Å². The van der Waals surface area contributed by atoms with E-state index in [0.717, 1.165) is 10.0 Å². The van der Waals surface area contributed by atoms with Crippen LogP contribution in [0.2, 0.25) is 0 Å². The molecular weight excluding hydrogens is 438 g/mol. The lowest BCUT2D eigenvalue weighted by Gasteiger charge is -2.08. The Hall–Kier alpha value is -3.30. The highest BCUT2D eigenvalue weighted by Crippen LogP contribution is 2.24. The molecule has 29 heavy (non-hydrogen) atoms. The molecule has 0 spiro atoms. The maximum atomic E-state index is 13.9. The number of halogens is 3. The molecule has 0 unspecified atom stereocenters. The summed E-state index contributed by atoms with van der Waals surface area (Å²) in [4.78, 5) is 12.3. The number of hydrogen-bond donors (Lipinski definition) is 1. The van der Waals surface area contributed by atoms with Gasteiger partial charge in [0.2, 0.25) is 0 Å². The summed E-state index contributed by atoms with van der Waals surface area (Å²) < 4.78 is 28.3. The van der Waals surface area contributed by atoms with Crippen molar-refractivity contribution in [2.24, 2.45) is 0 Å². The van der Waals surface area contributed by atoms with Gasteiger partial charge in [-0.25, -0.2) is 8.78 Å². The monoisotopic (exact) mass is 452 g/mol. The molecule has 0 saturated heterocycles. The van der Waals surface area contributed by atoms with Crippen molar-refractivity contribution >= 4 is 33.6 Å². The Balaban J connectivity index is 1.80. The fraction of sp³-hybridized carbons (Fsp3) is 0.0435. The number of nitrogens with zero attached hydrogens (tertiary/aromatic N) is 1. The summed E-state index contributed by atoms with van der Waals surface area (Å²) in [6, 6.07) is 19.4. The molecule has 3 rings (SSSR count). The molecule has 144 valence electrons. The second-order valence-corrected chi connectivity index (χ2v) is 7.08. The molecule has 0 heterocycles. The zero-order valence-corrected chi connectivity index (χ0v) is 16.7. The van der Waals surface area contributed by atoms with E-state index in [0.29, 0.717) is 17.5 Å². The summed E-state index contributed by atoms with van der Waals surface area (Å²) in [5.41, 5.74) is 1.87. The zero-order chi connectivity index (χ0) is 20.8. The Morgan fingerprint density at radius 3 is 2.34 bits per heavy atom. The largest absolute Gasteiger partial charge is 0.319 e. The molecule has 0 aromatic heterocycles. The highest BCUT2D eigenvalue weighted by atomic mass is 79.9. The molecular formula is C23H15BrF2N2O. The Morgan fingerprint density at radius 1 is 1.00 bits per heavy atom. The van der Waals surface area contributed by atoms with E-state index >= 15 is 0 Å². The maximum absolute atomic E-state index is 13.9. The Morgan fingerprint density at radius 2 is 1.69 bits per heavy atom. The van der Waals surface area contributed by atoms with Gasteiger partial charge >= 0.3 is 0 Å². The molecule has 1 N–H and O–H groups in total. The Labute approximate surface area is 175 Å². The molecule has 3 aromatic rings. The van der Waals surface area contributed by atoms with Gasteiger partial charge in [-0.2, -0.15) is 5.26 Å². The number of hydrogen-bond acceptors (Lipinski definition) is 2. The van der Waals surface area contributed by atoms with E-state index in [4.69, 9.17) is 0 Å². The normalized spacial score (nSPS) is 11.0. The van der Waals surface area contributed by atoms with Gasteiger partial charge in [0.15, 0.2) is 0 Å². The van der Waals surface area contributed by atoms with Crippen molar-refractivity contribution in [1.82, 2.24) is 0 Å². The van der Waals surface area contributed by atoms with Crippen molar-refractivity contribution in [3.8, 4) is 6.07 Å². The van der Waals surface area contributed by atoms with Crippen LogP contribution in [0.5, 0.6) is 0 Å². The van der Waals surface area contributed by atoms with Crippen LogP contribution in [0.15, 0.2) is 76.8 Å². The van der Waals surface area contributed by atoms with Crippen LogP contribution in [-0.4, -0.2) is 5.91 Å². The van der Waals surface area contributed by atoms with Crippen molar-refractivity contribution in [3.05, 3.63) is 105 Å². The first-order valence-corrected chi connectivity index (χ1v) is 9.46. The fourth-order valence-corrected chi connectivity index (χ4v) is 3.25. The summed E-state index contributed by atoms with van der Waals surface area (Å²) in [6.07, 6.45) is 1.81. The number of carbonyl (C=O) groups is 1. The first-order valence-electron chi connectivity index (χ1n) is 8.67. The summed E-state index contributed by atoms with van der Waals surface area (Å²) >= 11 is 3.46. The molecule has 0 saturated carbocycles. The van der Waals surface area contributed by atoms with Crippen molar-refractivity contribution in [3.63, 3.8) is 0 Å². The Bertz CT molecular complexity index is 1140. The topological polar surface area (TPSA) is 52.9 Å². The molecule has 3 nitrogen and oxygen atoms in total. The van der Waals surface area contributed by atoms with Gasteiger partial charge in [0.05, 0.1) is 5.69 Å². The number of amides is 1. The van der Waals surface area contributed by atoms with E-state index < -0.39 is 11.7 Å². The van der Waals surface area contributed by atoms with Crippen molar-refractivity contribution in [2.75, 3.05) is 5.32 Å². The summed E-state index contributed by atoms with van der Waals surface area (Å²) in [7, 11) is 0. The molecule has 6 heteroatoms. The van der Waals surface area contributed by atoms with Gasteiger partial charge in [0.1, 0.15) is 23.3 Å². The molecule has 0 fully saturated rings. The molecule has 0 aliphatic carbocycles. The molecule has 0 bridgehead atoms. The molecule has 0 radical (unpaired) electrons. The summed E-state index contributed by atoms with van der Waals surface area (Å²) in [6.45, 7) is 0. The molecule has 3 aromatic carbocycles. The fourth-order valence-electron chi connectivity index (χ4n) is 2.71. The minimum absolute atomic E-state index is 0.0000613. The lowest BCUT2D eigenvalue weighted by molar-refractivity contribution is -0.112. The van der Waals surface area contributed by atoms with Gasteiger partial charge in [0, 0.05) is 10.9 Å². The smallest absolute Gasteiger partial charge is 0.266 e. The molecule has 1 amide bonds. The predicted molar refractivity (Wildman–Crippen MR) is 112 cm³/mol. The second kappa shape index (κ2) is 9.26. The van der Waals surface area contributed by atoms with Crippen LogP contribution in [0.25, 0.3) is 6.08 Å². The molecule has 0 aliphatic rings. The first-order chi connectivity index (χ1) is 14.0. The van der Waals surface area contributed by atoms with Crippen molar-refractivity contribution in [2.45, 2.75) is 6.42 Å². The third-order valence-corrected chi connectivity index (χ3v) is 4.95. The van der Waals surface area contributed by atoms with Gasteiger partial charge in [-0.05, 0) is 47.0 Å². The quantitative estimate of drug-likeness (QED) is 0.389. The SMILES string of the molecule is N#C/C(=C\c1ccc(Cc2ccccc2F)c(Br)c1)C(=O)Nc1ccccc1F. The number of benzene rings is 3. The standard InChI is InChI=1S/C23H15BrF2N2O/c24-19-12-15(9-10-16(19)13-17-5-1-2-6-20(17)25)11-18(14-27)23(29)28-22-8-4-3-7-21(22)26/h1-12H,13H2,(H,28,29)/b18-11+. The third-order valence-electron chi connectivity index (χ3n) is 4.21. The summed E-state index contributed by atoms with van der Waals surface area (Å²) in [5.74, 6) is -1.57. The van der Waals surface area contributed by atoms with Gasteiger partial charge in [-0.3, -0.25) is 4.79 Å². The van der Waals surface area contributed by atoms with Crippen LogP contribution in [-0.2, 0) is 11.2 Å². The average Bonchev–Trinajstić information content (AvgIpc) is 2.71. The van der Waals surface area contributed by atoms with Crippen LogP contribution in [0, 0.1) is 23.0 Å². The van der Waals surface area contributed by atoms with Crippen LogP contribution < -0.4 is 5.32 Å². The maximum Gasteiger partial charge on any atom is 0.266 e. The van der Waals surface area contributed by atoms with Crippen LogP contribution in [0.3, 0.4) is 0 Å². The number of para-hydroxylation sites is 1. The van der Waals surface area contributed by atoms with Crippen molar-refractivity contribution in [1.29, 1.82) is 5.26 Å². The van der Waals surface area contributed by atoms with E-state index in [1.807, 2.05) is 6.07 Å². The van der Waals surface area contributed by atoms with Crippen LogP contribution in [0.1, 0.15) is 16.7 Å². The van der Waals surface area contributed by atoms with E-state index in [9.17, 15) is 18.8 Å². The first kappa shape index (κ1) is 20.4. The number of anilines is 1. The molecule has 0 aliphatic heterocycles. The zero-order valence-electron chi connectivity index (χ0n) is 15.1. The number of nitriles is 1. The summed E-state index contributed by atoms with van der Waals surface area (Å²) in [5, 5.41) is 11.7. The van der Waals surface area contributed by atoms with Gasteiger partial charge in [0.25, 0.3) is 5.91 Å². The van der Waals surface area contributed by atoms with E-state index in [1.165, 1.54) is 30.3 Å². The van der Waals surface area contributed by atoms with E-state index in [1.54, 1.807) is 42.5 Å².